The zero-order chi connectivity index (χ0) is 21.1. The van der Waals surface area contributed by atoms with Crippen molar-refractivity contribution in [1.82, 2.24) is 0 Å². The molecule has 0 N–H and O–H groups in total. The number of rotatable bonds is 6. The van der Waals surface area contributed by atoms with Gasteiger partial charge in [0.1, 0.15) is 11.2 Å². The lowest BCUT2D eigenvalue weighted by molar-refractivity contribution is -0.159. The van der Waals surface area contributed by atoms with E-state index in [1.165, 1.54) is 12.2 Å². The van der Waals surface area contributed by atoms with Gasteiger partial charge in [-0.2, -0.15) is 0 Å². The minimum Gasteiger partial charge on any atom is -0.456 e. The van der Waals surface area contributed by atoms with Gasteiger partial charge in [0.25, 0.3) is 0 Å². The molecule has 4 nitrogen and oxygen atoms in total. The highest BCUT2D eigenvalue weighted by Crippen LogP contribution is 2.43. The van der Waals surface area contributed by atoms with E-state index in [9.17, 15) is 9.59 Å². The highest BCUT2D eigenvalue weighted by Gasteiger charge is 2.41. The first-order valence-corrected chi connectivity index (χ1v) is 11.0. The topological polar surface area (TPSA) is 52.6 Å². The van der Waals surface area contributed by atoms with Crippen LogP contribution in [0.4, 0.5) is 0 Å². The molecule has 0 bridgehead atoms. The molecule has 4 heteroatoms. The van der Waals surface area contributed by atoms with Crippen molar-refractivity contribution >= 4 is 11.9 Å². The Kier molecular flexibility index (Phi) is 7.04. The van der Waals surface area contributed by atoms with Crippen molar-refractivity contribution in [2.45, 2.75) is 117 Å². The standard InChI is InChI=1S/C24H40O4/c1-21(2,3)17-23(13-7-8-14-23)27-19(25)11-12-20(26)28-24(15-9-10-16-24)18-22(4,5)6/h11-12H,7-10,13-18H2,1-6H3/b12-11+. The Morgan fingerprint density at radius 1 is 0.679 bits per heavy atom. The summed E-state index contributed by atoms with van der Waals surface area (Å²) < 4.78 is 11.7. The summed E-state index contributed by atoms with van der Waals surface area (Å²) in [5.74, 6) is -0.862. The number of carbonyl (C=O) groups is 2. The van der Waals surface area contributed by atoms with E-state index in [4.69, 9.17) is 9.47 Å². The Balaban J connectivity index is 1.96. The minimum absolute atomic E-state index is 0.0923. The van der Waals surface area contributed by atoms with Gasteiger partial charge in [-0.15, -0.1) is 0 Å². The van der Waals surface area contributed by atoms with Crippen molar-refractivity contribution in [2.24, 2.45) is 10.8 Å². The SMILES string of the molecule is CC(C)(C)CC1(OC(=O)/C=C/C(=O)OC2(CC(C)(C)C)CCCC2)CCCC1. The first-order valence-electron chi connectivity index (χ1n) is 11.0. The molecule has 160 valence electrons. The summed E-state index contributed by atoms with van der Waals surface area (Å²) in [6.45, 7) is 13.0. The van der Waals surface area contributed by atoms with Crippen LogP contribution in [0.2, 0.25) is 0 Å². The van der Waals surface area contributed by atoms with E-state index in [0.29, 0.717) is 0 Å². The maximum atomic E-state index is 12.4. The van der Waals surface area contributed by atoms with E-state index in [-0.39, 0.29) is 22.0 Å². The number of carbonyl (C=O) groups excluding carboxylic acids is 2. The van der Waals surface area contributed by atoms with E-state index >= 15 is 0 Å². The maximum absolute atomic E-state index is 12.4. The van der Waals surface area contributed by atoms with E-state index in [0.717, 1.165) is 64.2 Å². The summed E-state index contributed by atoms with van der Waals surface area (Å²) in [6, 6.07) is 0. The van der Waals surface area contributed by atoms with Gasteiger partial charge in [0.05, 0.1) is 0 Å². The summed E-state index contributed by atoms with van der Waals surface area (Å²) in [4.78, 5) is 24.8. The smallest absolute Gasteiger partial charge is 0.331 e. The van der Waals surface area contributed by atoms with Crippen molar-refractivity contribution in [3.63, 3.8) is 0 Å². The summed E-state index contributed by atoms with van der Waals surface area (Å²) in [6.07, 6.45) is 12.2. The van der Waals surface area contributed by atoms with Crippen LogP contribution >= 0.6 is 0 Å². The molecule has 0 aromatic rings. The van der Waals surface area contributed by atoms with Gasteiger partial charge in [-0.05, 0) is 75.0 Å². The van der Waals surface area contributed by atoms with Crippen LogP contribution < -0.4 is 0 Å². The van der Waals surface area contributed by atoms with Crippen LogP contribution in [0.25, 0.3) is 0 Å². The molecule has 2 rings (SSSR count). The predicted octanol–water partition coefficient (Wildman–Crippen LogP) is 6.13. The average molecular weight is 393 g/mol. The van der Waals surface area contributed by atoms with E-state index in [1.807, 2.05) is 0 Å². The van der Waals surface area contributed by atoms with E-state index in [2.05, 4.69) is 41.5 Å². The minimum atomic E-state index is -0.431. The fourth-order valence-electron chi connectivity index (χ4n) is 5.23. The molecule has 0 heterocycles. The van der Waals surface area contributed by atoms with Gasteiger partial charge in [0.15, 0.2) is 0 Å². The second kappa shape index (κ2) is 8.59. The summed E-state index contributed by atoms with van der Waals surface area (Å²) in [5.41, 5.74) is -0.588. The number of ether oxygens (including phenoxy) is 2. The summed E-state index contributed by atoms with van der Waals surface area (Å²) >= 11 is 0. The molecule has 28 heavy (non-hydrogen) atoms. The van der Waals surface area contributed by atoms with Crippen molar-refractivity contribution in [3.05, 3.63) is 12.2 Å². The second-order valence-electron chi connectivity index (χ2n) is 11.4. The normalized spacial score (nSPS) is 21.8. The highest BCUT2D eigenvalue weighted by atomic mass is 16.6. The van der Waals surface area contributed by atoms with E-state index in [1.54, 1.807) is 0 Å². The van der Waals surface area contributed by atoms with Gasteiger partial charge in [0.2, 0.25) is 0 Å². The van der Waals surface area contributed by atoms with Crippen LogP contribution in [0, 0.1) is 10.8 Å². The molecule has 0 aliphatic heterocycles. The van der Waals surface area contributed by atoms with Crippen molar-refractivity contribution in [2.75, 3.05) is 0 Å². The molecule has 0 saturated heterocycles. The molecular formula is C24H40O4. The van der Waals surface area contributed by atoms with Crippen LogP contribution in [0.5, 0.6) is 0 Å². The van der Waals surface area contributed by atoms with Gasteiger partial charge in [-0.1, -0.05) is 41.5 Å². The molecule has 0 radical (unpaired) electrons. The average Bonchev–Trinajstić information content (AvgIpc) is 3.12. The zero-order valence-corrected chi connectivity index (χ0v) is 18.9. The number of esters is 2. The molecule has 2 saturated carbocycles. The van der Waals surface area contributed by atoms with Crippen LogP contribution in [-0.4, -0.2) is 23.1 Å². The largest absolute Gasteiger partial charge is 0.456 e. The molecule has 0 aromatic heterocycles. The fourth-order valence-corrected chi connectivity index (χ4v) is 5.23. The monoisotopic (exact) mass is 392 g/mol. The van der Waals surface area contributed by atoms with Crippen molar-refractivity contribution < 1.29 is 19.1 Å². The van der Waals surface area contributed by atoms with Gasteiger partial charge in [-0.25, -0.2) is 9.59 Å². The highest BCUT2D eigenvalue weighted by molar-refractivity contribution is 5.92. The van der Waals surface area contributed by atoms with Gasteiger partial charge in [0, 0.05) is 12.2 Å². The first-order chi connectivity index (χ1) is 12.8. The maximum Gasteiger partial charge on any atom is 0.331 e. The third kappa shape index (κ3) is 7.25. The second-order valence-corrected chi connectivity index (χ2v) is 11.4. The van der Waals surface area contributed by atoms with E-state index < -0.39 is 11.9 Å². The lowest BCUT2D eigenvalue weighted by Gasteiger charge is -2.35. The Morgan fingerprint density at radius 2 is 0.964 bits per heavy atom. The summed E-state index contributed by atoms with van der Waals surface area (Å²) in [5, 5.41) is 0. The number of hydrogen-bond donors (Lipinski definition) is 0. The third-order valence-electron chi connectivity index (χ3n) is 5.72. The van der Waals surface area contributed by atoms with Gasteiger partial charge >= 0.3 is 11.9 Å². The molecule has 0 amide bonds. The molecule has 0 aromatic carbocycles. The first kappa shape index (κ1) is 23.0. The van der Waals surface area contributed by atoms with Crippen LogP contribution in [0.15, 0.2) is 12.2 Å². The fraction of sp³-hybridized carbons (Fsp3) is 0.833. The quantitative estimate of drug-likeness (QED) is 0.403. The third-order valence-corrected chi connectivity index (χ3v) is 5.72. The van der Waals surface area contributed by atoms with Crippen molar-refractivity contribution in [3.8, 4) is 0 Å². The van der Waals surface area contributed by atoms with Gasteiger partial charge in [-0.3, -0.25) is 0 Å². The molecule has 2 aliphatic carbocycles. The molecular weight excluding hydrogens is 352 g/mol. The molecule has 2 fully saturated rings. The predicted molar refractivity (Wildman–Crippen MR) is 112 cm³/mol. The van der Waals surface area contributed by atoms with Crippen LogP contribution in [0.3, 0.4) is 0 Å². The lowest BCUT2D eigenvalue weighted by atomic mass is 9.80. The molecule has 0 spiro atoms. The van der Waals surface area contributed by atoms with Crippen molar-refractivity contribution in [1.29, 1.82) is 0 Å². The Labute approximate surface area is 171 Å². The zero-order valence-electron chi connectivity index (χ0n) is 18.9. The molecule has 2 aliphatic rings. The molecule has 0 unspecified atom stereocenters. The summed E-state index contributed by atoms with van der Waals surface area (Å²) in [7, 11) is 0. The van der Waals surface area contributed by atoms with Crippen LogP contribution in [-0.2, 0) is 19.1 Å². The lowest BCUT2D eigenvalue weighted by Crippen LogP contribution is -2.36. The Bertz CT molecular complexity index is 525. The Hall–Kier alpha value is -1.32. The number of hydrogen-bond acceptors (Lipinski definition) is 4. The van der Waals surface area contributed by atoms with Crippen LogP contribution in [0.1, 0.15) is 106 Å². The van der Waals surface area contributed by atoms with Gasteiger partial charge < -0.3 is 9.47 Å². The Morgan fingerprint density at radius 3 is 1.21 bits per heavy atom. The molecule has 0 atom stereocenters.